The Bertz CT molecular complexity index is 189. The van der Waals surface area contributed by atoms with Crippen molar-refractivity contribution in [2.45, 2.75) is 13.3 Å². The minimum atomic E-state index is 0.940. The van der Waals surface area contributed by atoms with Crippen molar-refractivity contribution in [2.75, 3.05) is 0 Å². The Morgan fingerprint density at radius 2 is 2.56 bits per heavy atom. The molecule has 1 aromatic heterocycles. The number of thiocarbonyl (C=S) groups is 1. The molecule has 1 N–H and O–H groups in total. The van der Waals surface area contributed by atoms with Crippen LogP contribution in [0.15, 0.2) is 18.3 Å². The molecule has 0 amide bonds. The van der Waals surface area contributed by atoms with Crippen LogP contribution in [-0.4, -0.2) is 9.85 Å². The summed E-state index contributed by atoms with van der Waals surface area (Å²) >= 11 is 5.04. The van der Waals surface area contributed by atoms with Gasteiger partial charge in [0, 0.05) is 11.1 Å². The van der Waals surface area contributed by atoms with Crippen LogP contribution < -0.4 is 0 Å². The average molecular weight is 139 g/mol. The van der Waals surface area contributed by atoms with E-state index in [0.29, 0.717) is 0 Å². The maximum absolute atomic E-state index is 5.04. The van der Waals surface area contributed by atoms with E-state index in [2.05, 4.69) is 11.9 Å². The molecule has 0 saturated carbocycles. The minimum Gasteiger partial charge on any atom is -0.361 e. The van der Waals surface area contributed by atoms with Crippen molar-refractivity contribution in [1.82, 2.24) is 4.98 Å². The van der Waals surface area contributed by atoms with Gasteiger partial charge >= 0.3 is 0 Å². The molecule has 48 valence electrons. The molecular formula is C7H9NS. The van der Waals surface area contributed by atoms with Crippen molar-refractivity contribution in [3.8, 4) is 0 Å². The summed E-state index contributed by atoms with van der Waals surface area (Å²) in [5, 5.41) is 0. The van der Waals surface area contributed by atoms with Gasteiger partial charge in [-0.25, -0.2) is 0 Å². The minimum absolute atomic E-state index is 0.940. The molecule has 1 heterocycles. The van der Waals surface area contributed by atoms with Crippen LogP contribution in [0.3, 0.4) is 0 Å². The van der Waals surface area contributed by atoms with Gasteiger partial charge in [0.05, 0.1) is 5.69 Å². The summed E-state index contributed by atoms with van der Waals surface area (Å²) in [5.74, 6) is 0. The molecule has 0 aliphatic carbocycles. The Labute approximate surface area is 60.1 Å². The van der Waals surface area contributed by atoms with Gasteiger partial charge in [0.2, 0.25) is 0 Å². The van der Waals surface area contributed by atoms with Crippen LogP contribution in [0.2, 0.25) is 0 Å². The number of rotatable bonds is 2. The zero-order valence-electron chi connectivity index (χ0n) is 5.35. The highest BCUT2D eigenvalue weighted by molar-refractivity contribution is 7.80. The maximum atomic E-state index is 5.04. The van der Waals surface area contributed by atoms with E-state index in [1.54, 1.807) is 0 Å². The second kappa shape index (κ2) is 2.78. The molecule has 0 radical (unpaired) electrons. The first-order valence-corrected chi connectivity index (χ1v) is 3.42. The summed E-state index contributed by atoms with van der Waals surface area (Å²) in [4.78, 5) is 4.05. The average Bonchev–Trinajstić information content (AvgIpc) is 2.37. The first-order chi connectivity index (χ1) is 4.34. The highest BCUT2D eigenvalue weighted by atomic mass is 32.1. The van der Waals surface area contributed by atoms with Crippen molar-refractivity contribution >= 4 is 17.1 Å². The Hall–Kier alpha value is -0.630. The predicted molar refractivity (Wildman–Crippen MR) is 42.8 cm³/mol. The number of aromatic nitrogens is 1. The van der Waals surface area contributed by atoms with E-state index < -0.39 is 0 Å². The van der Waals surface area contributed by atoms with E-state index in [1.165, 1.54) is 0 Å². The third-order valence-corrected chi connectivity index (χ3v) is 1.73. The first-order valence-electron chi connectivity index (χ1n) is 3.01. The highest BCUT2D eigenvalue weighted by Crippen LogP contribution is 1.99. The third-order valence-electron chi connectivity index (χ3n) is 1.22. The summed E-state index contributed by atoms with van der Waals surface area (Å²) in [5.41, 5.74) is 1.08. The van der Waals surface area contributed by atoms with E-state index in [1.807, 2.05) is 18.3 Å². The van der Waals surface area contributed by atoms with Crippen LogP contribution >= 0.6 is 12.2 Å². The lowest BCUT2D eigenvalue weighted by atomic mass is 10.2. The molecule has 9 heavy (non-hydrogen) atoms. The van der Waals surface area contributed by atoms with Crippen molar-refractivity contribution in [1.29, 1.82) is 0 Å². The summed E-state index contributed by atoms with van der Waals surface area (Å²) < 4.78 is 0. The van der Waals surface area contributed by atoms with E-state index in [0.717, 1.165) is 17.0 Å². The molecule has 1 nitrogen and oxygen atoms in total. The summed E-state index contributed by atoms with van der Waals surface area (Å²) in [7, 11) is 0. The Balaban J connectivity index is 2.77. The van der Waals surface area contributed by atoms with E-state index >= 15 is 0 Å². The molecule has 0 aliphatic rings. The van der Waals surface area contributed by atoms with Crippen LogP contribution in [0.25, 0.3) is 0 Å². The fraction of sp³-hybridized carbons (Fsp3) is 0.286. The number of aromatic amines is 1. The van der Waals surface area contributed by atoms with Gasteiger partial charge in [-0.1, -0.05) is 19.1 Å². The molecular weight excluding hydrogens is 130 g/mol. The number of hydrogen-bond acceptors (Lipinski definition) is 1. The first kappa shape index (κ1) is 6.49. The lowest BCUT2D eigenvalue weighted by Crippen LogP contribution is -1.93. The van der Waals surface area contributed by atoms with Gasteiger partial charge in [0.1, 0.15) is 0 Å². The molecule has 0 unspecified atom stereocenters. The van der Waals surface area contributed by atoms with Crippen molar-refractivity contribution in [3.63, 3.8) is 0 Å². The zero-order valence-corrected chi connectivity index (χ0v) is 6.16. The molecule has 2 heteroatoms. The zero-order chi connectivity index (χ0) is 6.69. The predicted octanol–water partition coefficient (Wildman–Crippen LogP) is 2.14. The van der Waals surface area contributed by atoms with Gasteiger partial charge in [0.25, 0.3) is 0 Å². The summed E-state index contributed by atoms with van der Waals surface area (Å²) in [6.45, 7) is 2.06. The highest BCUT2D eigenvalue weighted by Gasteiger charge is 1.95. The quantitative estimate of drug-likeness (QED) is 0.490. The molecule has 1 rings (SSSR count). The van der Waals surface area contributed by atoms with Crippen LogP contribution in [0.5, 0.6) is 0 Å². The van der Waals surface area contributed by atoms with Crippen molar-refractivity contribution in [3.05, 3.63) is 24.0 Å². The molecule has 0 aromatic carbocycles. The van der Waals surface area contributed by atoms with Gasteiger partial charge in [-0.15, -0.1) is 0 Å². The van der Waals surface area contributed by atoms with Crippen molar-refractivity contribution in [2.24, 2.45) is 0 Å². The van der Waals surface area contributed by atoms with Crippen LogP contribution in [-0.2, 0) is 0 Å². The van der Waals surface area contributed by atoms with E-state index in [4.69, 9.17) is 12.2 Å². The lowest BCUT2D eigenvalue weighted by Gasteiger charge is -1.92. The Morgan fingerprint density at radius 1 is 1.78 bits per heavy atom. The van der Waals surface area contributed by atoms with Crippen LogP contribution in [0.4, 0.5) is 0 Å². The third kappa shape index (κ3) is 1.39. The fourth-order valence-electron chi connectivity index (χ4n) is 0.694. The number of H-pyrrole nitrogens is 1. The van der Waals surface area contributed by atoms with Crippen molar-refractivity contribution < 1.29 is 0 Å². The topological polar surface area (TPSA) is 15.8 Å². The van der Waals surface area contributed by atoms with Gasteiger partial charge in [-0.2, -0.15) is 0 Å². The molecule has 0 aliphatic heterocycles. The Morgan fingerprint density at radius 3 is 3.00 bits per heavy atom. The number of hydrogen-bond donors (Lipinski definition) is 1. The largest absolute Gasteiger partial charge is 0.361 e. The maximum Gasteiger partial charge on any atom is 0.0521 e. The van der Waals surface area contributed by atoms with Crippen LogP contribution in [0, 0.1) is 0 Å². The number of nitrogens with one attached hydrogen (secondary N) is 1. The second-order valence-electron chi connectivity index (χ2n) is 1.86. The summed E-state index contributed by atoms with van der Waals surface area (Å²) in [6, 6.07) is 3.95. The van der Waals surface area contributed by atoms with Gasteiger partial charge in [-0.05, 0) is 18.6 Å². The van der Waals surface area contributed by atoms with Gasteiger partial charge in [0.15, 0.2) is 0 Å². The normalized spacial score (nSPS) is 9.44. The molecule has 0 spiro atoms. The van der Waals surface area contributed by atoms with E-state index in [9.17, 15) is 0 Å². The lowest BCUT2D eigenvalue weighted by molar-refractivity contribution is 1.27. The van der Waals surface area contributed by atoms with Crippen LogP contribution in [0.1, 0.15) is 19.0 Å². The van der Waals surface area contributed by atoms with E-state index in [-0.39, 0.29) is 0 Å². The fourth-order valence-corrected chi connectivity index (χ4v) is 0.821. The monoisotopic (exact) mass is 139 g/mol. The van der Waals surface area contributed by atoms with Gasteiger partial charge in [-0.3, -0.25) is 0 Å². The molecule has 0 atom stereocenters. The standard InChI is InChI=1S/C7H9NS/c1-2-7(9)6-4-3-5-8-6/h3-5,8H,2H2,1H3. The molecule has 0 bridgehead atoms. The molecule has 0 fully saturated rings. The molecule has 0 saturated heterocycles. The summed E-state index contributed by atoms with van der Waals surface area (Å²) in [6.07, 6.45) is 2.83. The smallest absolute Gasteiger partial charge is 0.0521 e. The second-order valence-corrected chi connectivity index (χ2v) is 2.35. The van der Waals surface area contributed by atoms with Gasteiger partial charge < -0.3 is 4.98 Å². The SMILES string of the molecule is CCC(=S)c1ccc[nH]1. The Kier molecular flexibility index (Phi) is 2.01. The molecule has 1 aromatic rings.